The van der Waals surface area contributed by atoms with Gasteiger partial charge in [0.2, 0.25) is 0 Å². The number of rotatable bonds is 8. The van der Waals surface area contributed by atoms with Crippen molar-refractivity contribution in [3.05, 3.63) is 89.2 Å². The average molecular weight is 470 g/mol. The first kappa shape index (κ1) is 23.9. The van der Waals surface area contributed by atoms with E-state index in [4.69, 9.17) is 4.74 Å². The van der Waals surface area contributed by atoms with Crippen LogP contribution in [0.2, 0.25) is 0 Å². The maximum Gasteiger partial charge on any atom is 0.264 e. The first-order chi connectivity index (χ1) is 15.7. The molecule has 0 aliphatic rings. The summed E-state index contributed by atoms with van der Waals surface area (Å²) in [5.41, 5.74) is 4.82. The largest absolute Gasteiger partial charge is 0.495 e. The molecule has 3 aromatic carbocycles. The zero-order valence-corrected chi connectivity index (χ0v) is 19.3. The number of ether oxygens (including phenoxy) is 1. The minimum absolute atomic E-state index is 0.0410. The molecule has 0 atom stereocenters. The number of hydrogen-bond donors (Lipinski definition) is 1. The van der Waals surface area contributed by atoms with Crippen molar-refractivity contribution in [2.45, 2.75) is 18.7 Å². The van der Waals surface area contributed by atoms with E-state index in [1.54, 1.807) is 30.3 Å². The molecule has 0 aliphatic heterocycles. The lowest BCUT2D eigenvalue weighted by molar-refractivity contribution is -0.119. The molecule has 1 amide bonds. The van der Waals surface area contributed by atoms with Crippen LogP contribution >= 0.6 is 0 Å². The van der Waals surface area contributed by atoms with Crippen LogP contribution < -0.4 is 14.5 Å². The Morgan fingerprint density at radius 1 is 1.03 bits per heavy atom. The predicted molar refractivity (Wildman–Crippen MR) is 126 cm³/mol. The van der Waals surface area contributed by atoms with Crippen LogP contribution in [0.1, 0.15) is 16.7 Å². The van der Waals surface area contributed by atoms with Crippen molar-refractivity contribution < 1.29 is 22.3 Å². The summed E-state index contributed by atoms with van der Waals surface area (Å²) >= 11 is 0. The number of halogens is 1. The Morgan fingerprint density at radius 3 is 2.30 bits per heavy atom. The number of sulfonamides is 1. The average Bonchev–Trinajstić information content (AvgIpc) is 2.79. The maximum atomic E-state index is 13.5. The van der Waals surface area contributed by atoms with Crippen LogP contribution in [-0.2, 0) is 14.8 Å². The fourth-order valence-electron chi connectivity index (χ4n) is 3.03. The summed E-state index contributed by atoms with van der Waals surface area (Å²) in [5.74, 6) is -0.744. The van der Waals surface area contributed by atoms with Crippen molar-refractivity contribution in [2.75, 3.05) is 18.0 Å². The molecule has 3 aromatic rings. The quantitative estimate of drug-likeness (QED) is 0.402. The highest BCUT2D eigenvalue weighted by molar-refractivity contribution is 7.92. The van der Waals surface area contributed by atoms with Gasteiger partial charge in [0.25, 0.3) is 15.9 Å². The summed E-state index contributed by atoms with van der Waals surface area (Å²) in [7, 11) is -2.67. The molecule has 0 unspecified atom stereocenters. The van der Waals surface area contributed by atoms with Crippen LogP contribution in [-0.4, -0.2) is 34.2 Å². The summed E-state index contributed by atoms with van der Waals surface area (Å²) < 4.78 is 46.4. The fraction of sp³-hybridized carbons (Fsp3) is 0.167. The lowest BCUT2D eigenvalue weighted by atomic mass is 10.2. The third kappa shape index (κ3) is 5.95. The number of nitrogens with zero attached hydrogens (tertiary/aromatic N) is 2. The molecular weight excluding hydrogens is 445 g/mol. The predicted octanol–water partition coefficient (Wildman–Crippen LogP) is 3.80. The number of anilines is 1. The van der Waals surface area contributed by atoms with Gasteiger partial charge in [0.05, 0.1) is 23.9 Å². The molecule has 172 valence electrons. The standard InChI is InChI=1S/C24H24FN3O4S/c1-17-4-11-21(12-5-17)33(30,31)28(22-14-18(2)6-13-23(22)32-3)16-24(29)27-26-15-19-7-9-20(25)10-8-19/h4-15H,16H2,1-3H3,(H,27,29)/b26-15-. The van der Waals surface area contributed by atoms with E-state index in [2.05, 4.69) is 10.5 Å². The van der Waals surface area contributed by atoms with Gasteiger partial charge in [-0.15, -0.1) is 0 Å². The first-order valence-corrected chi connectivity index (χ1v) is 11.5. The van der Waals surface area contributed by atoms with E-state index < -0.39 is 22.5 Å². The molecule has 0 heterocycles. The Bertz CT molecular complexity index is 1260. The molecule has 0 saturated heterocycles. The fourth-order valence-corrected chi connectivity index (χ4v) is 4.45. The van der Waals surface area contributed by atoms with Crippen LogP contribution in [0.25, 0.3) is 0 Å². The maximum absolute atomic E-state index is 13.5. The van der Waals surface area contributed by atoms with Gasteiger partial charge in [0, 0.05) is 0 Å². The SMILES string of the molecule is COc1ccc(C)cc1N(CC(=O)N/N=C\c1ccc(F)cc1)S(=O)(=O)c1ccc(C)cc1. The van der Waals surface area contributed by atoms with E-state index in [0.717, 1.165) is 15.4 Å². The zero-order chi connectivity index (χ0) is 24.0. The van der Waals surface area contributed by atoms with E-state index in [-0.39, 0.29) is 16.4 Å². The van der Waals surface area contributed by atoms with Gasteiger partial charge in [0.15, 0.2) is 0 Å². The highest BCUT2D eigenvalue weighted by Crippen LogP contribution is 2.33. The highest BCUT2D eigenvalue weighted by atomic mass is 32.2. The number of hydrogen-bond acceptors (Lipinski definition) is 5. The topological polar surface area (TPSA) is 88.1 Å². The monoisotopic (exact) mass is 469 g/mol. The van der Waals surface area contributed by atoms with Crippen LogP contribution in [0.5, 0.6) is 5.75 Å². The molecule has 0 saturated carbocycles. The Morgan fingerprint density at radius 2 is 1.67 bits per heavy atom. The van der Waals surface area contributed by atoms with Gasteiger partial charge < -0.3 is 4.74 Å². The second-order valence-electron chi connectivity index (χ2n) is 7.34. The lowest BCUT2D eigenvalue weighted by Gasteiger charge is -2.25. The number of benzene rings is 3. The highest BCUT2D eigenvalue weighted by Gasteiger charge is 2.29. The molecule has 0 radical (unpaired) electrons. The van der Waals surface area contributed by atoms with Gasteiger partial charge in [-0.3, -0.25) is 9.10 Å². The zero-order valence-electron chi connectivity index (χ0n) is 18.4. The van der Waals surface area contributed by atoms with Crippen molar-refractivity contribution in [1.82, 2.24) is 5.43 Å². The number of carbonyl (C=O) groups is 1. The van der Waals surface area contributed by atoms with Gasteiger partial charge in [-0.25, -0.2) is 18.2 Å². The summed E-state index contributed by atoms with van der Waals surface area (Å²) in [6, 6.07) is 16.9. The van der Waals surface area contributed by atoms with E-state index in [0.29, 0.717) is 11.3 Å². The van der Waals surface area contributed by atoms with Gasteiger partial charge >= 0.3 is 0 Å². The summed E-state index contributed by atoms with van der Waals surface area (Å²) in [5, 5.41) is 3.84. The Balaban J connectivity index is 1.92. The molecule has 3 rings (SSSR count). The summed E-state index contributed by atoms with van der Waals surface area (Å²) in [6.07, 6.45) is 1.34. The van der Waals surface area contributed by atoms with Gasteiger partial charge in [-0.2, -0.15) is 5.10 Å². The first-order valence-electron chi connectivity index (χ1n) is 10.0. The number of amides is 1. The number of carbonyl (C=O) groups excluding carboxylic acids is 1. The van der Waals surface area contributed by atoms with E-state index >= 15 is 0 Å². The second kappa shape index (κ2) is 10.3. The van der Waals surface area contributed by atoms with Crippen LogP contribution in [0, 0.1) is 19.7 Å². The van der Waals surface area contributed by atoms with Gasteiger partial charge in [0.1, 0.15) is 18.1 Å². The van der Waals surface area contributed by atoms with Gasteiger partial charge in [-0.05, 0) is 61.4 Å². The van der Waals surface area contributed by atoms with Crippen molar-refractivity contribution in [3.63, 3.8) is 0 Å². The van der Waals surface area contributed by atoms with Crippen molar-refractivity contribution >= 4 is 27.8 Å². The molecule has 0 bridgehead atoms. The molecule has 0 fully saturated rings. The summed E-state index contributed by atoms with van der Waals surface area (Å²) in [4.78, 5) is 12.7. The number of hydrazone groups is 1. The molecule has 0 aromatic heterocycles. The van der Waals surface area contributed by atoms with E-state index in [1.807, 2.05) is 13.8 Å². The van der Waals surface area contributed by atoms with Crippen LogP contribution in [0.4, 0.5) is 10.1 Å². The Kier molecular flexibility index (Phi) is 7.44. The van der Waals surface area contributed by atoms with Crippen LogP contribution in [0.3, 0.4) is 0 Å². The third-order valence-corrected chi connectivity index (χ3v) is 6.55. The van der Waals surface area contributed by atoms with Crippen molar-refractivity contribution in [2.24, 2.45) is 5.10 Å². The summed E-state index contributed by atoms with van der Waals surface area (Å²) in [6.45, 7) is 3.13. The molecule has 7 nitrogen and oxygen atoms in total. The lowest BCUT2D eigenvalue weighted by Crippen LogP contribution is -2.39. The second-order valence-corrected chi connectivity index (χ2v) is 9.21. The smallest absolute Gasteiger partial charge is 0.264 e. The van der Waals surface area contributed by atoms with E-state index in [9.17, 15) is 17.6 Å². The molecular formula is C24H24FN3O4S. The normalized spacial score (nSPS) is 11.4. The Hall–Kier alpha value is -3.72. The molecule has 33 heavy (non-hydrogen) atoms. The number of aryl methyl sites for hydroxylation is 2. The number of nitrogens with one attached hydrogen (secondary N) is 1. The number of methoxy groups -OCH3 is 1. The van der Waals surface area contributed by atoms with Crippen LogP contribution in [0.15, 0.2) is 76.7 Å². The third-order valence-electron chi connectivity index (χ3n) is 4.77. The molecule has 0 spiro atoms. The van der Waals surface area contributed by atoms with Crippen molar-refractivity contribution in [1.29, 1.82) is 0 Å². The van der Waals surface area contributed by atoms with Crippen molar-refractivity contribution in [3.8, 4) is 5.75 Å². The van der Waals surface area contributed by atoms with Gasteiger partial charge in [-0.1, -0.05) is 35.9 Å². The molecule has 0 aliphatic carbocycles. The molecule has 1 N–H and O–H groups in total. The minimum Gasteiger partial charge on any atom is -0.495 e. The Labute approximate surface area is 192 Å². The minimum atomic E-state index is -4.10. The van der Waals surface area contributed by atoms with E-state index in [1.165, 1.54) is 49.7 Å². The molecule has 9 heteroatoms.